The van der Waals surface area contributed by atoms with Gasteiger partial charge in [-0.15, -0.1) is 16.8 Å². The van der Waals surface area contributed by atoms with Gasteiger partial charge in [-0.3, -0.25) is 0 Å². The Balaban J connectivity index is 1.69. The third-order valence-electron chi connectivity index (χ3n) is 2.78. The molecule has 0 saturated heterocycles. The van der Waals surface area contributed by atoms with Gasteiger partial charge in [-0.2, -0.15) is 4.98 Å². The van der Waals surface area contributed by atoms with Crippen molar-refractivity contribution in [3.8, 4) is 11.4 Å². The summed E-state index contributed by atoms with van der Waals surface area (Å²) in [6.07, 6.45) is 3.45. The maximum absolute atomic E-state index is 5.96. The highest BCUT2D eigenvalue weighted by Gasteiger charge is 2.11. The van der Waals surface area contributed by atoms with Gasteiger partial charge in [0.2, 0.25) is 11.7 Å². The van der Waals surface area contributed by atoms with Crippen molar-refractivity contribution in [3.63, 3.8) is 0 Å². The molecule has 6 nitrogen and oxygen atoms in total. The zero-order valence-corrected chi connectivity index (χ0v) is 13.1. The average Bonchev–Trinajstić information content (AvgIpc) is 3.15. The number of hydrogen-bond acceptors (Lipinski definition) is 6. The number of allylic oxidation sites excluding steroid dienone is 1. The van der Waals surface area contributed by atoms with Gasteiger partial charge in [0.05, 0.1) is 5.75 Å². The van der Waals surface area contributed by atoms with E-state index < -0.39 is 0 Å². The smallest absolute Gasteiger partial charge is 0.237 e. The molecule has 2 heterocycles. The first kappa shape index (κ1) is 14.8. The van der Waals surface area contributed by atoms with Crippen LogP contribution in [0, 0.1) is 0 Å². The number of thioether (sulfide) groups is 1. The van der Waals surface area contributed by atoms with Gasteiger partial charge >= 0.3 is 0 Å². The Kier molecular flexibility index (Phi) is 4.55. The molecule has 0 fully saturated rings. The molecule has 2 aromatic heterocycles. The van der Waals surface area contributed by atoms with E-state index in [-0.39, 0.29) is 0 Å². The monoisotopic (exact) mass is 333 g/mol. The molecular formula is C14H12ClN5OS. The molecule has 0 bridgehead atoms. The molecule has 0 N–H and O–H groups in total. The van der Waals surface area contributed by atoms with Crippen LogP contribution in [0.15, 0.2) is 52.9 Å². The minimum atomic E-state index is 0.517. The lowest BCUT2D eigenvalue weighted by Crippen LogP contribution is -1.95. The van der Waals surface area contributed by atoms with Gasteiger partial charge in [0, 0.05) is 17.1 Å². The molecule has 0 unspecified atom stereocenters. The number of hydrogen-bond donors (Lipinski definition) is 0. The lowest BCUT2D eigenvalue weighted by molar-refractivity contribution is 0.391. The maximum atomic E-state index is 5.96. The third kappa shape index (κ3) is 3.37. The summed E-state index contributed by atoms with van der Waals surface area (Å²) in [4.78, 5) is 4.36. The van der Waals surface area contributed by atoms with E-state index >= 15 is 0 Å². The molecule has 0 aliphatic heterocycles. The number of benzene rings is 1. The van der Waals surface area contributed by atoms with Crippen LogP contribution in [0.4, 0.5) is 0 Å². The topological polar surface area (TPSA) is 69.6 Å². The van der Waals surface area contributed by atoms with Gasteiger partial charge in [-0.25, -0.2) is 0 Å². The number of rotatable bonds is 6. The van der Waals surface area contributed by atoms with Crippen molar-refractivity contribution in [2.45, 2.75) is 17.5 Å². The third-order valence-corrected chi connectivity index (χ3v) is 3.98. The van der Waals surface area contributed by atoms with Crippen molar-refractivity contribution in [1.29, 1.82) is 0 Å². The molecule has 22 heavy (non-hydrogen) atoms. The summed E-state index contributed by atoms with van der Waals surface area (Å²) in [5.74, 6) is 1.56. The zero-order chi connectivity index (χ0) is 15.4. The Hall–Kier alpha value is -2.12. The fraction of sp³-hybridized carbons (Fsp3) is 0.143. The summed E-state index contributed by atoms with van der Waals surface area (Å²) in [5.41, 5.74) is 0.822. The van der Waals surface area contributed by atoms with Crippen LogP contribution in [0.3, 0.4) is 0 Å². The first-order chi connectivity index (χ1) is 10.8. The van der Waals surface area contributed by atoms with Crippen LogP contribution >= 0.6 is 23.4 Å². The predicted molar refractivity (Wildman–Crippen MR) is 84.5 cm³/mol. The first-order valence-electron chi connectivity index (χ1n) is 6.46. The van der Waals surface area contributed by atoms with Gasteiger partial charge in [-0.1, -0.05) is 46.7 Å². The lowest BCUT2D eigenvalue weighted by atomic mass is 10.2. The molecule has 3 aromatic rings. The summed E-state index contributed by atoms with van der Waals surface area (Å²) in [6.45, 7) is 4.36. The summed E-state index contributed by atoms with van der Waals surface area (Å²) in [7, 11) is 0. The molecule has 1 aromatic carbocycles. The Labute approximate surface area is 136 Å². The van der Waals surface area contributed by atoms with E-state index in [2.05, 4.69) is 26.9 Å². The highest BCUT2D eigenvalue weighted by atomic mass is 35.5. The second kappa shape index (κ2) is 6.76. The van der Waals surface area contributed by atoms with Crippen molar-refractivity contribution in [2.75, 3.05) is 0 Å². The molecule has 0 aliphatic rings. The van der Waals surface area contributed by atoms with Crippen molar-refractivity contribution in [2.24, 2.45) is 0 Å². The number of halogens is 1. The SMILES string of the molecule is C=CCn1cnnc1SCc1nc(-c2cccc(Cl)c2)no1. The van der Waals surface area contributed by atoms with E-state index in [1.54, 1.807) is 24.5 Å². The largest absolute Gasteiger partial charge is 0.338 e. The second-order valence-corrected chi connectivity index (χ2v) is 5.74. The molecule has 0 saturated carbocycles. The van der Waals surface area contributed by atoms with Crippen LogP contribution in [-0.2, 0) is 12.3 Å². The van der Waals surface area contributed by atoms with E-state index in [0.29, 0.717) is 29.0 Å². The molecule has 0 radical (unpaired) electrons. The van der Waals surface area contributed by atoms with Crippen LogP contribution in [-0.4, -0.2) is 24.9 Å². The molecule has 3 rings (SSSR count). The van der Waals surface area contributed by atoms with Crippen LogP contribution in [0.2, 0.25) is 5.02 Å². The van der Waals surface area contributed by atoms with Gasteiger partial charge in [0.15, 0.2) is 5.16 Å². The minimum absolute atomic E-state index is 0.517. The van der Waals surface area contributed by atoms with Crippen molar-refractivity contribution < 1.29 is 4.52 Å². The van der Waals surface area contributed by atoms with E-state index in [4.69, 9.17) is 16.1 Å². The fourth-order valence-electron chi connectivity index (χ4n) is 1.81. The van der Waals surface area contributed by atoms with E-state index in [0.717, 1.165) is 10.7 Å². The van der Waals surface area contributed by atoms with Crippen LogP contribution in [0.1, 0.15) is 5.89 Å². The summed E-state index contributed by atoms with van der Waals surface area (Å²) in [5, 5.41) is 13.3. The quantitative estimate of drug-likeness (QED) is 0.508. The Morgan fingerprint density at radius 3 is 3.14 bits per heavy atom. The van der Waals surface area contributed by atoms with Gasteiger partial charge in [-0.05, 0) is 12.1 Å². The Bertz CT molecular complexity index is 785. The first-order valence-corrected chi connectivity index (χ1v) is 7.82. The molecule has 0 aliphatic carbocycles. The van der Waals surface area contributed by atoms with Crippen LogP contribution in [0.25, 0.3) is 11.4 Å². The van der Waals surface area contributed by atoms with E-state index in [1.165, 1.54) is 11.8 Å². The second-order valence-electron chi connectivity index (χ2n) is 4.37. The molecule has 0 amide bonds. The van der Waals surface area contributed by atoms with Crippen LogP contribution < -0.4 is 0 Å². The van der Waals surface area contributed by atoms with E-state index in [9.17, 15) is 0 Å². The Morgan fingerprint density at radius 1 is 1.41 bits per heavy atom. The van der Waals surface area contributed by atoms with Gasteiger partial charge in [0.1, 0.15) is 6.33 Å². The lowest BCUT2D eigenvalue weighted by Gasteiger charge is -2.00. The van der Waals surface area contributed by atoms with E-state index in [1.807, 2.05) is 16.7 Å². The zero-order valence-electron chi connectivity index (χ0n) is 11.5. The van der Waals surface area contributed by atoms with Gasteiger partial charge < -0.3 is 9.09 Å². The molecular weight excluding hydrogens is 322 g/mol. The standard InChI is InChI=1S/C14H12ClN5OS/c1-2-6-20-9-16-18-14(20)22-8-12-17-13(19-21-12)10-4-3-5-11(15)7-10/h2-5,7,9H,1,6,8H2. The predicted octanol–water partition coefficient (Wildman–Crippen LogP) is 3.46. The molecule has 0 atom stereocenters. The molecule has 112 valence electrons. The summed E-state index contributed by atoms with van der Waals surface area (Å²) < 4.78 is 7.15. The summed E-state index contributed by atoms with van der Waals surface area (Å²) in [6, 6.07) is 7.33. The maximum Gasteiger partial charge on any atom is 0.237 e. The molecule has 8 heteroatoms. The van der Waals surface area contributed by atoms with Crippen molar-refractivity contribution in [3.05, 3.63) is 54.2 Å². The highest BCUT2D eigenvalue weighted by Crippen LogP contribution is 2.23. The highest BCUT2D eigenvalue weighted by molar-refractivity contribution is 7.98. The molecule has 0 spiro atoms. The van der Waals surface area contributed by atoms with Gasteiger partial charge in [0.25, 0.3) is 0 Å². The summed E-state index contributed by atoms with van der Waals surface area (Å²) >= 11 is 7.44. The normalized spacial score (nSPS) is 10.8. The van der Waals surface area contributed by atoms with Crippen molar-refractivity contribution >= 4 is 23.4 Å². The van der Waals surface area contributed by atoms with Crippen molar-refractivity contribution in [1.82, 2.24) is 24.9 Å². The fourth-order valence-corrected chi connectivity index (χ4v) is 2.76. The number of nitrogens with zero attached hydrogens (tertiary/aromatic N) is 5. The minimum Gasteiger partial charge on any atom is -0.338 e. The van der Waals surface area contributed by atoms with Crippen LogP contribution in [0.5, 0.6) is 0 Å². The average molecular weight is 334 g/mol. The Morgan fingerprint density at radius 2 is 2.32 bits per heavy atom. The number of aromatic nitrogens is 5.